The van der Waals surface area contributed by atoms with Crippen molar-refractivity contribution in [3.63, 3.8) is 0 Å². The lowest BCUT2D eigenvalue weighted by Gasteiger charge is -2.01. The molecule has 0 fully saturated rings. The maximum Gasteiger partial charge on any atom is 0.210 e. The first-order chi connectivity index (χ1) is 7.66. The van der Waals surface area contributed by atoms with Crippen molar-refractivity contribution < 1.29 is 9.90 Å². The maximum atomic E-state index is 11.0. The molecule has 0 saturated heterocycles. The van der Waals surface area contributed by atoms with Crippen molar-refractivity contribution in [2.45, 2.75) is 13.5 Å². The lowest BCUT2D eigenvalue weighted by Crippen LogP contribution is -2.05. The molecule has 0 spiro atoms. The molecule has 16 heavy (non-hydrogen) atoms. The van der Waals surface area contributed by atoms with Gasteiger partial charge in [0.2, 0.25) is 5.88 Å². The fraction of sp³-hybridized carbons (Fsp3) is 0.200. The average molecular weight is 218 g/mol. The average Bonchev–Trinajstić information content (AvgIpc) is 2.62. The summed E-state index contributed by atoms with van der Waals surface area (Å²) in [6, 6.07) is 1.33. The van der Waals surface area contributed by atoms with Crippen LogP contribution < -0.4 is 0 Å². The number of nitrogens with zero attached hydrogens (tertiary/aromatic N) is 4. The van der Waals surface area contributed by atoms with Gasteiger partial charge in [-0.15, -0.1) is 0 Å². The molecule has 2 heterocycles. The Labute approximate surface area is 91.6 Å². The Kier molecular flexibility index (Phi) is 2.63. The summed E-state index contributed by atoms with van der Waals surface area (Å²) in [4.78, 5) is 19.0. The summed E-state index contributed by atoms with van der Waals surface area (Å²) >= 11 is 0. The van der Waals surface area contributed by atoms with Crippen LogP contribution in [0.15, 0.2) is 24.7 Å². The number of rotatable bonds is 3. The lowest BCUT2D eigenvalue weighted by molar-refractivity contribution is 0.101. The van der Waals surface area contributed by atoms with E-state index in [0.717, 1.165) is 0 Å². The van der Waals surface area contributed by atoms with Crippen molar-refractivity contribution in [1.82, 2.24) is 19.7 Å². The highest BCUT2D eigenvalue weighted by Gasteiger charge is 2.10. The number of aromatic hydroxyl groups is 1. The van der Waals surface area contributed by atoms with E-state index in [0.29, 0.717) is 5.69 Å². The second-order valence-corrected chi connectivity index (χ2v) is 3.30. The van der Waals surface area contributed by atoms with Crippen LogP contribution in [-0.2, 0) is 6.54 Å². The third-order valence-electron chi connectivity index (χ3n) is 2.05. The number of aromatic nitrogens is 4. The number of hydrogen-bond donors (Lipinski definition) is 1. The van der Waals surface area contributed by atoms with Crippen LogP contribution in [0.5, 0.6) is 5.88 Å². The van der Waals surface area contributed by atoms with Crippen LogP contribution in [-0.4, -0.2) is 30.6 Å². The number of carbonyl (C=O) groups is 1. The van der Waals surface area contributed by atoms with Crippen LogP contribution in [0.2, 0.25) is 0 Å². The molecule has 82 valence electrons. The highest BCUT2D eigenvalue weighted by molar-refractivity contribution is 5.92. The molecule has 0 aliphatic rings. The van der Waals surface area contributed by atoms with Crippen LogP contribution in [0.3, 0.4) is 0 Å². The van der Waals surface area contributed by atoms with Crippen molar-refractivity contribution in [1.29, 1.82) is 0 Å². The summed E-state index contributed by atoms with van der Waals surface area (Å²) in [6.07, 6.45) is 4.70. The van der Waals surface area contributed by atoms with E-state index < -0.39 is 0 Å². The van der Waals surface area contributed by atoms with Gasteiger partial charge in [-0.1, -0.05) is 0 Å². The Morgan fingerprint density at radius 2 is 2.31 bits per heavy atom. The predicted octanol–water partition coefficient (Wildman–Crippen LogP) is 0.630. The van der Waals surface area contributed by atoms with Gasteiger partial charge in [0.15, 0.2) is 5.78 Å². The summed E-state index contributed by atoms with van der Waals surface area (Å²) in [7, 11) is 0. The van der Waals surface area contributed by atoms with Gasteiger partial charge >= 0.3 is 0 Å². The molecule has 6 heteroatoms. The Balaban J connectivity index is 2.25. The fourth-order valence-corrected chi connectivity index (χ4v) is 1.26. The summed E-state index contributed by atoms with van der Waals surface area (Å²) in [5.41, 5.74) is 0.900. The van der Waals surface area contributed by atoms with Crippen LogP contribution in [0.25, 0.3) is 0 Å². The maximum absolute atomic E-state index is 11.0. The third-order valence-corrected chi connectivity index (χ3v) is 2.05. The summed E-state index contributed by atoms with van der Waals surface area (Å²) in [5, 5.41) is 13.5. The van der Waals surface area contributed by atoms with E-state index in [-0.39, 0.29) is 23.9 Å². The molecule has 0 bridgehead atoms. The van der Waals surface area contributed by atoms with Gasteiger partial charge in [0, 0.05) is 25.4 Å². The van der Waals surface area contributed by atoms with Gasteiger partial charge in [0.05, 0.1) is 18.4 Å². The van der Waals surface area contributed by atoms with E-state index in [1.165, 1.54) is 17.7 Å². The molecule has 0 aliphatic carbocycles. The topological polar surface area (TPSA) is 80.9 Å². The van der Waals surface area contributed by atoms with Crippen LogP contribution in [0.4, 0.5) is 0 Å². The minimum absolute atomic E-state index is 0.0594. The number of Topliss-reactive ketones (excluding diaryl/α,β-unsaturated/α-hetero) is 1. The van der Waals surface area contributed by atoms with Crippen molar-refractivity contribution >= 4 is 5.78 Å². The summed E-state index contributed by atoms with van der Waals surface area (Å²) < 4.78 is 1.31. The van der Waals surface area contributed by atoms with Crippen molar-refractivity contribution in [2.24, 2.45) is 0 Å². The van der Waals surface area contributed by atoms with Gasteiger partial charge in [-0.3, -0.25) is 14.8 Å². The quantitative estimate of drug-likeness (QED) is 0.764. The second-order valence-electron chi connectivity index (χ2n) is 3.30. The third kappa shape index (κ3) is 2.05. The first-order valence-corrected chi connectivity index (χ1v) is 4.69. The molecule has 2 aromatic heterocycles. The summed E-state index contributed by atoms with van der Waals surface area (Å²) in [6.45, 7) is 1.68. The SMILES string of the molecule is CC(=O)c1cc(O)n(Cc2cnccn2)n1. The minimum Gasteiger partial charge on any atom is -0.493 e. The normalized spacial score (nSPS) is 10.3. The summed E-state index contributed by atoms with van der Waals surface area (Å²) in [5.74, 6) is -0.246. The largest absolute Gasteiger partial charge is 0.493 e. The predicted molar refractivity (Wildman–Crippen MR) is 55.0 cm³/mol. The Morgan fingerprint density at radius 3 is 2.88 bits per heavy atom. The van der Waals surface area contributed by atoms with Gasteiger partial charge < -0.3 is 5.11 Å². The van der Waals surface area contributed by atoms with E-state index in [9.17, 15) is 9.90 Å². The molecule has 2 rings (SSSR count). The molecular formula is C10H10N4O2. The smallest absolute Gasteiger partial charge is 0.210 e. The van der Waals surface area contributed by atoms with Crippen molar-refractivity contribution in [3.05, 3.63) is 36.0 Å². The van der Waals surface area contributed by atoms with Crippen LogP contribution in [0, 0.1) is 0 Å². The Bertz CT molecular complexity index is 507. The van der Waals surface area contributed by atoms with Crippen LogP contribution >= 0.6 is 0 Å². The van der Waals surface area contributed by atoms with Gasteiger partial charge in [0.1, 0.15) is 5.69 Å². The standard InChI is InChI=1S/C10H10N4O2/c1-7(15)9-4-10(16)14(13-9)6-8-5-11-2-3-12-8/h2-5,16H,6H2,1H3. The van der Waals surface area contributed by atoms with E-state index in [1.807, 2.05) is 0 Å². The molecule has 0 radical (unpaired) electrons. The Hall–Kier alpha value is -2.24. The van der Waals surface area contributed by atoms with E-state index >= 15 is 0 Å². The molecule has 0 atom stereocenters. The fourth-order valence-electron chi connectivity index (χ4n) is 1.26. The van der Waals surface area contributed by atoms with Crippen molar-refractivity contribution in [3.8, 4) is 5.88 Å². The first-order valence-electron chi connectivity index (χ1n) is 4.69. The van der Waals surface area contributed by atoms with Gasteiger partial charge in [0.25, 0.3) is 0 Å². The highest BCUT2D eigenvalue weighted by atomic mass is 16.3. The number of carbonyl (C=O) groups excluding carboxylic acids is 1. The monoisotopic (exact) mass is 218 g/mol. The van der Waals surface area contributed by atoms with Gasteiger partial charge in [-0.2, -0.15) is 5.10 Å². The van der Waals surface area contributed by atoms with Gasteiger partial charge in [-0.25, -0.2) is 4.68 Å². The zero-order valence-corrected chi connectivity index (χ0v) is 8.66. The highest BCUT2D eigenvalue weighted by Crippen LogP contribution is 2.13. The van der Waals surface area contributed by atoms with E-state index in [1.54, 1.807) is 18.6 Å². The second kappa shape index (κ2) is 4.09. The number of hydrogen-bond acceptors (Lipinski definition) is 5. The Morgan fingerprint density at radius 1 is 1.50 bits per heavy atom. The minimum atomic E-state index is -0.187. The van der Waals surface area contributed by atoms with Crippen LogP contribution in [0.1, 0.15) is 23.1 Å². The molecule has 6 nitrogen and oxygen atoms in total. The molecule has 0 unspecified atom stereocenters. The molecule has 0 aliphatic heterocycles. The molecule has 0 saturated carbocycles. The van der Waals surface area contributed by atoms with E-state index in [2.05, 4.69) is 15.1 Å². The lowest BCUT2D eigenvalue weighted by atomic mass is 10.3. The molecule has 2 aromatic rings. The molecule has 0 amide bonds. The zero-order valence-electron chi connectivity index (χ0n) is 8.66. The number of ketones is 1. The molecular weight excluding hydrogens is 208 g/mol. The van der Waals surface area contributed by atoms with Gasteiger partial charge in [-0.05, 0) is 0 Å². The molecule has 1 N–H and O–H groups in total. The van der Waals surface area contributed by atoms with E-state index in [4.69, 9.17) is 0 Å². The first kappa shape index (κ1) is 10.3. The van der Waals surface area contributed by atoms with Crippen molar-refractivity contribution in [2.75, 3.05) is 0 Å². The zero-order chi connectivity index (χ0) is 11.5. The molecule has 0 aromatic carbocycles.